The van der Waals surface area contributed by atoms with Crippen molar-refractivity contribution in [3.8, 4) is 0 Å². The molecule has 3 N–H and O–H groups in total. The zero-order valence-corrected chi connectivity index (χ0v) is 14.2. The van der Waals surface area contributed by atoms with E-state index in [1.165, 1.54) is 12.1 Å². The van der Waals surface area contributed by atoms with Gasteiger partial charge in [-0.25, -0.2) is 17.9 Å². The van der Waals surface area contributed by atoms with Gasteiger partial charge in [-0.05, 0) is 48.1 Å². The zero-order chi connectivity index (χ0) is 18.0. The van der Waals surface area contributed by atoms with Crippen LogP contribution in [0, 0.1) is 0 Å². The Balaban J connectivity index is 1.85. The topological polar surface area (TPSA) is 104 Å². The average molecular weight is 361 g/mol. The van der Waals surface area contributed by atoms with E-state index in [0.717, 1.165) is 5.56 Å². The fourth-order valence-electron chi connectivity index (χ4n) is 3.19. The van der Waals surface area contributed by atoms with Gasteiger partial charge >= 0.3 is 5.97 Å². The largest absolute Gasteiger partial charge is 0.479 e. The third-order valence-corrected chi connectivity index (χ3v) is 5.96. The average Bonchev–Trinajstić information content (AvgIpc) is 2.61. The number of carboxylic acid groups (broad SMARTS) is 1. The minimum absolute atomic E-state index is 0.194. The predicted molar refractivity (Wildman–Crippen MR) is 91.6 cm³/mol. The molecule has 0 saturated heterocycles. The Bertz CT molecular complexity index is 880. The summed E-state index contributed by atoms with van der Waals surface area (Å²) in [6.45, 7) is 0. The summed E-state index contributed by atoms with van der Waals surface area (Å²) in [6, 6.07) is 12.9. The summed E-state index contributed by atoms with van der Waals surface area (Å²) in [5.74, 6) is -1.32. The molecule has 0 radical (unpaired) electrons. The lowest BCUT2D eigenvalue weighted by atomic mass is 9.84. The van der Waals surface area contributed by atoms with Crippen molar-refractivity contribution in [2.45, 2.75) is 36.3 Å². The molecular formula is C18H19NO5S. The van der Waals surface area contributed by atoms with E-state index in [1.54, 1.807) is 30.3 Å². The quantitative estimate of drug-likeness (QED) is 0.751. The number of aliphatic hydroxyl groups is 1. The third-order valence-electron chi connectivity index (χ3n) is 4.43. The van der Waals surface area contributed by atoms with Crippen LogP contribution in [0.25, 0.3) is 0 Å². The zero-order valence-electron chi connectivity index (χ0n) is 13.4. The van der Waals surface area contributed by atoms with Crippen LogP contribution in [0.2, 0.25) is 0 Å². The summed E-state index contributed by atoms with van der Waals surface area (Å²) in [4.78, 5) is 11.3. The Labute approximate surface area is 146 Å². The fraction of sp³-hybridized carbons (Fsp3) is 0.278. The van der Waals surface area contributed by atoms with Crippen molar-refractivity contribution in [3.05, 3.63) is 65.2 Å². The maximum absolute atomic E-state index is 12.5. The number of rotatable bonds is 5. The van der Waals surface area contributed by atoms with Crippen LogP contribution in [0.1, 0.15) is 29.2 Å². The highest BCUT2D eigenvalue weighted by Gasteiger charge is 2.28. The standard InChI is InChI=1S/C18H19NO5S/c20-17(18(21)22)15-8-4-5-12-9-10-13(11-16(12)15)19-25(23,24)14-6-2-1-3-7-14/h1-8,13,17,19-20H,9-11H2,(H,21,22). The van der Waals surface area contributed by atoms with Gasteiger partial charge < -0.3 is 10.2 Å². The second kappa shape index (κ2) is 6.95. The SMILES string of the molecule is O=C(O)C(O)c1cccc2c1CC(NS(=O)(=O)c1ccccc1)CC2. The second-order valence-corrected chi connectivity index (χ2v) is 7.81. The Morgan fingerprint density at radius 3 is 2.52 bits per heavy atom. The van der Waals surface area contributed by atoms with Crippen LogP contribution in [-0.4, -0.2) is 30.6 Å². The van der Waals surface area contributed by atoms with Crippen LogP contribution < -0.4 is 4.72 Å². The highest BCUT2D eigenvalue weighted by molar-refractivity contribution is 7.89. The number of aliphatic hydroxyl groups excluding tert-OH is 1. The maximum atomic E-state index is 12.5. The summed E-state index contributed by atoms with van der Waals surface area (Å²) >= 11 is 0. The lowest BCUT2D eigenvalue weighted by Gasteiger charge is -2.28. The number of carbonyl (C=O) groups is 1. The number of nitrogens with one attached hydrogen (secondary N) is 1. The molecule has 132 valence electrons. The number of hydrogen-bond acceptors (Lipinski definition) is 4. The molecule has 2 unspecified atom stereocenters. The molecular weight excluding hydrogens is 342 g/mol. The molecule has 0 heterocycles. The van der Waals surface area contributed by atoms with Crippen molar-refractivity contribution in [3.63, 3.8) is 0 Å². The molecule has 1 aliphatic rings. The Kier molecular flexibility index (Phi) is 4.89. The van der Waals surface area contributed by atoms with Crippen LogP contribution >= 0.6 is 0 Å². The van der Waals surface area contributed by atoms with Gasteiger partial charge in [0.25, 0.3) is 0 Å². The van der Waals surface area contributed by atoms with Crippen LogP contribution in [-0.2, 0) is 27.7 Å². The van der Waals surface area contributed by atoms with Crippen LogP contribution in [0.5, 0.6) is 0 Å². The van der Waals surface area contributed by atoms with E-state index in [-0.39, 0.29) is 10.9 Å². The van der Waals surface area contributed by atoms with Gasteiger partial charge in [-0.15, -0.1) is 0 Å². The van der Waals surface area contributed by atoms with Crippen molar-refractivity contribution in [2.24, 2.45) is 0 Å². The first kappa shape index (κ1) is 17.6. The molecule has 1 aliphatic carbocycles. The number of benzene rings is 2. The molecule has 0 saturated carbocycles. The Morgan fingerprint density at radius 2 is 1.84 bits per heavy atom. The van der Waals surface area contributed by atoms with Crippen LogP contribution in [0.15, 0.2) is 53.4 Å². The molecule has 0 spiro atoms. The molecule has 3 rings (SSSR count). The molecule has 0 amide bonds. The third kappa shape index (κ3) is 3.73. The summed E-state index contributed by atoms with van der Waals surface area (Å²) in [6.07, 6.45) is -0.0233. The fourth-order valence-corrected chi connectivity index (χ4v) is 4.48. The number of aliphatic carboxylic acids is 1. The molecule has 7 heteroatoms. The van der Waals surface area contributed by atoms with Gasteiger partial charge in [-0.3, -0.25) is 0 Å². The van der Waals surface area contributed by atoms with E-state index in [9.17, 15) is 18.3 Å². The van der Waals surface area contributed by atoms with Crippen molar-refractivity contribution in [2.75, 3.05) is 0 Å². The van der Waals surface area contributed by atoms with Gasteiger partial charge in [-0.1, -0.05) is 36.4 Å². The number of carboxylic acids is 1. The highest BCUT2D eigenvalue weighted by atomic mass is 32.2. The molecule has 2 aromatic rings. The smallest absolute Gasteiger partial charge is 0.337 e. The molecule has 6 nitrogen and oxygen atoms in total. The Hall–Kier alpha value is -2.22. The molecule has 0 bridgehead atoms. The minimum Gasteiger partial charge on any atom is -0.479 e. The Morgan fingerprint density at radius 1 is 1.12 bits per heavy atom. The van der Waals surface area contributed by atoms with E-state index in [0.29, 0.717) is 30.4 Å². The van der Waals surface area contributed by atoms with E-state index < -0.39 is 22.1 Å². The number of hydrogen-bond donors (Lipinski definition) is 3. The lowest BCUT2D eigenvalue weighted by Crippen LogP contribution is -2.39. The van der Waals surface area contributed by atoms with Gasteiger partial charge in [0.15, 0.2) is 6.10 Å². The van der Waals surface area contributed by atoms with Gasteiger partial charge in [0, 0.05) is 6.04 Å². The molecule has 0 fully saturated rings. The first-order valence-electron chi connectivity index (χ1n) is 7.97. The predicted octanol–water partition coefficient (Wildman–Crippen LogP) is 1.64. The van der Waals surface area contributed by atoms with E-state index in [4.69, 9.17) is 5.11 Å². The normalized spacial score (nSPS) is 18.4. The summed E-state index contributed by atoms with van der Waals surface area (Å²) in [5.41, 5.74) is 1.99. The minimum atomic E-state index is -3.64. The summed E-state index contributed by atoms with van der Waals surface area (Å²) in [5, 5.41) is 19.0. The van der Waals surface area contributed by atoms with Crippen molar-refractivity contribution in [1.29, 1.82) is 0 Å². The van der Waals surface area contributed by atoms with Crippen LogP contribution in [0.3, 0.4) is 0 Å². The second-order valence-electron chi connectivity index (χ2n) is 6.10. The van der Waals surface area contributed by atoms with Gasteiger partial charge in [0.2, 0.25) is 10.0 Å². The number of sulfonamides is 1. The van der Waals surface area contributed by atoms with Crippen molar-refractivity contribution >= 4 is 16.0 Å². The number of fused-ring (bicyclic) bond motifs is 1. The maximum Gasteiger partial charge on any atom is 0.337 e. The summed E-state index contributed by atoms with van der Waals surface area (Å²) in [7, 11) is -3.64. The first-order valence-corrected chi connectivity index (χ1v) is 9.46. The molecule has 0 aromatic heterocycles. The summed E-state index contributed by atoms with van der Waals surface area (Å²) < 4.78 is 27.7. The van der Waals surface area contributed by atoms with E-state index >= 15 is 0 Å². The number of aryl methyl sites for hydroxylation is 1. The van der Waals surface area contributed by atoms with Crippen molar-refractivity contribution < 1.29 is 23.4 Å². The highest BCUT2D eigenvalue weighted by Crippen LogP contribution is 2.29. The molecule has 2 aromatic carbocycles. The van der Waals surface area contributed by atoms with Gasteiger partial charge in [-0.2, -0.15) is 0 Å². The molecule has 0 aliphatic heterocycles. The first-order chi connectivity index (χ1) is 11.9. The van der Waals surface area contributed by atoms with Crippen molar-refractivity contribution in [1.82, 2.24) is 4.72 Å². The van der Waals surface area contributed by atoms with Gasteiger partial charge in [0.05, 0.1) is 4.90 Å². The van der Waals surface area contributed by atoms with Crippen LogP contribution in [0.4, 0.5) is 0 Å². The van der Waals surface area contributed by atoms with E-state index in [2.05, 4.69) is 4.72 Å². The van der Waals surface area contributed by atoms with Gasteiger partial charge in [0.1, 0.15) is 0 Å². The monoisotopic (exact) mass is 361 g/mol. The molecule has 2 atom stereocenters. The molecule has 25 heavy (non-hydrogen) atoms. The lowest BCUT2D eigenvalue weighted by molar-refractivity contribution is -0.147. The van der Waals surface area contributed by atoms with E-state index in [1.807, 2.05) is 6.07 Å².